The lowest BCUT2D eigenvalue weighted by molar-refractivity contribution is 0.0788. The quantitative estimate of drug-likeness (QED) is 0.789. The van der Waals surface area contributed by atoms with E-state index in [-0.39, 0.29) is 22.1 Å². The molecule has 9 heteroatoms. The van der Waals surface area contributed by atoms with Crippen LogP contribution in [0.5, 0.6) is 5.75 Å². The first-order valence-corrected chi connectivity index (χ1v) is 10.5. The molecule has 0 saturated carbocycles. The van der Waals surface area contributed by atoms with Gasteiger partial charge in [0.05, 0.1) is 18.4 Å². The summed E-state index contributed by atoms with van der Waals surface area (Å²) in [6, 6.07) is 4.65. The number of aromatic amines is 1. The van der Waals surface area contributed by atoms with Crippen LogP contribution >= 0.6 is 11.6 Å². The number of nitrogens with zero attached hydrogens (tertiary/aromatic N) is 1. The molecule has 0 radical (unpaired) electrons. The lowest BCUT2D eigenvalue weighted by Gasteiger charge is -2.17. The van der Waals surface area contributed by atoms with Gasteiger partial charge in [0.1, 0.15) is 10.6 Å². The number of carbonyl (C=O) groups excluding carboxylic acids is 1. The fourth-order valence-electron chi connectivity index (χ4n) is 3.39. The summed E-state index contributed by atoms with van der Waals surface area (Å²) in [7, 11) is -2.61. The van der Waals surface area contributed by atoms with Gasteiger partial charge in [0.25, 0.3) is 15.9 Å². The van der Waals surface area contributed by atoms with E-state index in [1.165, 1.54) is 13.2 Å². The summed E-state index contributed by atoms with van der Waals surface area (Å²) in [5.41, 5.74) is 1.33. The molecule has 1 amide bonds. The third-order valence-electron chi connectivity index (χ3n) is 4.60. The van der Waals surface area contributed by atoms with Crippen LogP contribution < -0.4 is 9.46 Å². The fourth-order valence-corrected chi connectivity index (χ4v) is 5.07. The predicted molar refractivity (Wildman–Crippen MR) is 104 cm³/mol. The number of hydrogen-bond acceptors (Lipinski definition) is 4. The third-order valence-corrected chi connectivity index (χ3v) is 6.37. The Morgan fingerprint density at radius 3 is 2.52 bits per heavy atom. The summed E-state index contributed by atoms with van der Waals surface area (Å²) >= 11 is 5.99. The van der Waals surface area contributed by atoms with Gasteiger partial charge in [0, 0.05) is 29.5 Å². The number of likely N-dealkylation sites (tertiary alicyclic amines) is 1. The molecule has 0 unspecified atom stereocenters. The number of ether oxygens (including phenoxy) is 1. The molecule has 3 rings (SSSR count). The van der Waals surface area contributed by atoms with Crippen LogP contribution in [-0.2, 0) is 10.0 Å². The van der Waals surface area contributed by atoms with Crippen molar-refractivity contribution in [3.8, 4) is 5.75 Å². The summed E-state index contributed by atoms with van der Waals surface area (Å²) in [5.74, 6) is 0.0630. The molecule has 2 aromatic rings. The van der Waals surface area contributed by atoms with Crippen LogP contribution in [0.25, 0.3) is 0 Å². The maximum atomic E-state index is 13.2. The normalized spacial score (nSPS) is 14.4. The average Bonchev–Trinajstić information content (AvgIpc) is 3.22. The Hall–Kier alpha value is -2.19. The number of methoxy groups -OCH3 is 1. The van der Waals surface area contributed by atoms with Crippen molar-refractivity contribution in [1.29, 1.82) is 0 Å². The Bertz CT molecular complexity index is 979. The summed E-state index contributed by atoms with van der Waals surface area (Å²) in [6.07, 6.45) is 1.85. The van der Waals surface area contributed by atoms with E-state index in [2.05, 4.69) is 9.71 Å². The van der Waals surface area contributed by atoms with E-state index < -0.39 is 10.0 Å². The van der Waals surface area contributed by atoms with E-state index in [0.717, 1.165) is 12.8 Å². The third kappa shape index (κ3) is 3.77. The highest BCUT2D eigenvalue weighted by atomic mass is 35.5. The van der Waals surface area contributed by atoms with Crippen LogP contribution in [0.4, 0.5) is 5.69 Å². The Morgan fingerprint density at radius 1 is 1.22 bits per heavy atom. The molecular formula is C18H22ClN3O4S. The van der Waals surface area contributed by atoms with E-state index in [9.17, 15) is 13.2 Å². The summed E-state index contributed by atoms with van der Waals surface area (Å²) in [6.45, 7) is 4.61. The number of H-pyrrole nitrogens is 1. The van der Waals surface area contributed by atoms with Crippen molar-refractivity contribution in [3.63, 3.8) is 0 Å². The topological polar surface area (TPSA) is 91.5 Å². The molecule has 1 aliphatic rings. The Balaban J connectivity index is 2.05. The van der Waals surface area contributed by atoms with Crippen molar-refractivity contribution in [2.75, 3.05) is 24.9 Å². The van der Waals surface area contributed by atoms with Gasteiger partial charge in [-0.1, -0.05) is 11.6 Å². The van der Waals surface area contributed by atoms with Crippen LogP contribution in [0, 0.1) is 13.8 Å². The molecule has 1 aromatic carbocycles. The number of rotatable bonds is 5. The molecular weight excluding hydrogens is 390 g/mol. The first kappa shape index (κ1) is 19.6. The van der Waals surface area contributed by atoms with Gasteiger partial charge in [-0.25, -0.2) is 8.42 Å². The molecule has 27 heavy (non-hydrogen) atoms. The van der Waals surface area contributed by atoms with Gasteiger partial charge in [0.2, 0.25) is 0 Å². The van der Waals surface area contributed by atoms with Crippen molar-refractivity contribution in [2.24, 2.45) is 0 Å². The molecule has 2 N–H and O–H groups in total. The molecule has 0 bridgehead atoms. The van der Waals surface area contributed by atoms with Gasteiger partial charge in [-0.15, -0.1) is 0 Å². The first-order valence-electron chi connectivity index (χ1n) is 8.59. The number of hydrogen-bond donors (Lipinski definition) is 2. The fraction of sp³-hybridized carbons (Fsp3) is 0.389. The molecule has 0 spiro atoms. The van der Waals surface area contributed by atoms with E-state index >= 15 is 0 Å². The standard InChI is InChI=1S/C18H22ClN3O4S/c1-11-16(18(23)22-8-4-5-9-22)17(12(2)20-11)27(24,25)21-14-10-13(19)6-7-15(14)26-3/h6-7,10,20-21H,4-5,8-9H2,1-3H3. The van der Waals surface area contributed by atoms with Crippen molar-refractivity contribution < 1.29 is 17.9 Å². The van der Waals surface area contributed by atoms with Crippen molar-refractivity contribution in [2.45, 2.75) is 31.6 Å². The molecule has 146 valence electrons. The van der Waals surface area contributed by atoms with Crippen LogP contribution in [0.15, 0.2) is 23.1 Å². The number of halogens is 1. The first-order chi connectivity index (χ1) is 12.7. The second kappa shape index (κ2) is 7.44. The van der Waals surface area contributed by atoms with E-state index in [4.69, 9.17) is 16.3 Å². The Morgan fingerprint density at radius 2 is 1.89 bits per heavy atom. The lowest BCUT2D eigenvalue weighted by atomic mass is 10.2. The number of aromatic nitrogens is 1. The molecule has 7 nitrogen and oxygen atoms in total. The number of benzene rings is 1. The van der Waals surface area contributed by atoms with Crippen molar-refractivity contribution in [3.05, 3.63) is 40.2 Å². The largest absolute Gasteiger partial charge is 0.495 e. The maximum absolute atomic E-state index is 13.2. The van der Waals surface area contributed by atoms with Crippen LogP contribution in [0.2, 0.25) is 5.02 Å². The molecule has 1 aliphatic heterocycles. The van der Waals surface area contributed by atoms with Gasteiger partial charge in [-0.3, -0.25) is 9.52 Å². The second-order valence-corrected chi connectivity index (χ2v) is 8.58. The average molecular weight is 412 g/mol. The molecule has 1 fully saturated rings. The van der Waals surface area contributed by atoms with Crippen molar-refractivity contribution >= 4 is 33.2 Å². The van der Waals surface area contributed by atoms with Crippen LogP contribution in [-0.4, -0.2) is 44.4 Å². The van der Waals surface area contributed by atoms with Crippen LogP contribution in [0.3, 0.4) is 0 Å². The maximum Gasteiger partial charge on any atom is 0.264 e. The minimum absolute atomic E-state index is 0.0427. The predicted octanol–water partition coefficient (Wildman–Crippen LogP) is 3.33. The van der Waals surface area contributed by atoms with Gasteiger partial charge in [-0.05, 0) is 44.9 Å². The highest BCUT2D eigenvalue weighted by Gasteiger charge is 2.32. The minimum atomic E-state index is -4.05. The van der Waals surface area contributed by atoms with E-state index in [0.29, 0.717) is 35.2 Å². The van der Waals surface area contributed by atoms with Gasteiger partial charge < -0.3 is 14.6 Å². The zero-order valence-electron chi connectivity index (χ0n) is 15.4. The second-order valence-electron chi connectivity index (χ2n) is 6.53. The number of sulfonamides is 1. The Kier molecular flexibility index (Phi) is 5.39. The summed E-state index contributed by atoms with van der Waals surface area (Å²) in [4.78, 5) is 17.6. The van der Waals surface area contributed by atoms with Gasteiger partial charge in [-0.2, -0.15) is 0 Å². The number of carbonyl (C=O) groups is 1. The summed E-state index contributed by atoms with van der Waals surface area (Å²) < 4.78 is 34.0. The number of anilines is 1. The molecule has 2 heterocycles. The van der Waals surface area contributed by atoms with Gasteiger partial charge in [0.15, 0.2) is 0 Å². The lowest BCUT2D eigenvalue weighted by Crippen LogP contribution is -2.29. The zero-order chi connectivity index (χ0) is 19.8. The zero-order valence-corrected chi connectivity index (χ0v) is 17.0. The Labute approximate surface area is 163 Å². The summed E-state index contributed by atoms with van der Waals surface area (Å²) in [5, 5.41) is 0.365. The molecule has 1 saturated heterocycles. The molecule has 0 atom stereocenters. The van der Waals surface area contributed by atoms with Crippen LogP contribution in [0.1, 0.15) is 34.6 Å². The van der Waals surface area contributed by atoms with E-state index in [1.807, 2.05) is 0 Å². The highest BCUT2D eigenvalue weighted by molar-refractivity contribution is 7.92. The number of nitrogens with one attached hydrogen (secondary N) is 2. The number of amides is 1. The molecule has 1 aromatic heterocycles. The molecule has 0 aliphatic carbocycles. The highest BCUT2D eigenvalue weighted by Crippen LogP contribution is 2.32. The van der Waals surface area contributed by atoms with Crippen molar-refractivity contribution in [1.82, 2.24) is 9.88 Å². The van der Waals surface area contributed by atoms with Gasteiger partial charge >= 0.3 is 0 Å². The SMILES string of the molecule is COc1ccc(Cl)cc1NS(=O)(=O)c1c(C)[nH]c(C)c1C(=O)N1CCCC1. The van der Waals surface area contributed by atoms with E-state index in [1.54, 1.807) is 30.9 Å². The smallest absolute Gasteiger partial charge is 0.264 e. The minimum Gasteiger partial charge on any atom is -0.495 e. The monoisotopic (exact) mass is 411 g/mol. The number of aryl methyl sites for hydroxylation is 2.